The van der Waals surface area contributed by atoms with Gasteiger partial charge in [0.05, 0.1) is 6.54 Å². The largest absolute Gasteiger partial charge is 0.328 e. The number of carbonyl (C=O) groups is 1. The van der Waals surface area contributed by atoms with Crippen molar-refractivity contribution in [2.24, 2.45) is 0 Å². The van der Waals surface area contributed by atoms with Crippen molar-refractivity contribution in [2.45, 2.75) is 13.3 Å². The molecule has 0 saturated carbocycles. The standard InChI is InChI=1S/C13H13BrFNO/c1-3-5-16(6-4-2)13(17)10-7-11(14)9-12(15)8-10/h1,7-9H,4-6H2,2H3. The molecule has 0 spiro atoms. The Hall–Kier alpha value is -1.34. The van der Waals surface area contributed by atoms with E-state index in [9.17, 15) is 9.18 Å². The van der Waals surface area contributed by atoms with Crippen LogP contribution in [-0.4, -0.2) is 23.9 Å². The van der Waals surface area contributed by atoms with E-state index in [1.807, 2.05) is 6.92 Å². The lowest BCUT2D eigenvalue weighted by Crippen LogP contribution is -2.32. The highest BCUT2D eigenvalue weighted by Crippen LogP contribution is 2.16. The third-order valence-electron chi connectivity index (χ3n) is 2.17. The van der Waals surface area contributed by atoms with Crippen LogP contribution in [0.4, 0.5) is 4.39 Å². The second-order valence-corrected chi connectivity index (χ2v) is 4.50. The van der Waals surface area contributed by atoms with Crippen LogP contribution in [0.5, 0.6) is 0 Å². The first-order valence-electron chi connectivity index (χ1n) is 5.27. The van der Waals surface area contributed by atoms with E-state index >= 15 is 0 Å². The summed E-state index contributed by atoms with van der Waals surface area (Å²) in [6.45, 7) is 2.76. The number of nitrogens with zero attached hydrogens (tertiary/aromatic N) is 1. The minimum Gasteiger partial charge on any atom is -0.328 e. The predicted octanol–water partition coefficient (Wildman–Crippen LogP) is 3.07. The van der Waals surface area contributed by atoms with Crippen LogP contribution in [0.3, 0.4) is 0 Å². The highest BCUT2D eigenvalue weighted by atomic mass is 79.9. The van der Waals surface area contributed by atoms with E-state index in [0.29, 0.717) is 16.6 Å². The van der Waals surface area contributed by atoms with Gasteiger partial charge in [-0.05, 0) is 24.6 Å². The van der Waals surface area contributed by atoms with E-state index in [1.54, 1.807) is 6.07 Å². The fourth-order valence-electron chi connectivity index (χ4n) is 1.49. The van der Waals surface area contributed by atoms with E-state index in [2.05, 4.69) is 21.9 Å². The Labute approximate surface area is 109 Å². The molecule has 1 aromatic rings. The van der Waals surface area contributed by atoms with E-state index in [4.69, 9.17) is 6.42 Å². The van der Waals surface area contributed by atoms with Crippen molar-refractivity contribution < 1.29 is 9.18 Å². The van der Waals surface area contributed by atoms with Crippen LogP contribution in [-0.2, 0) is 0 Å². The van der Waals surface area contributed by atoms with Crippen LogP contribution in [0.25, 0.3) is 0 Å². The summed E-state index contributed by atoms with van der Waals surface area (Å²) < 4.78 is 13.7. The summed E-state index contributed by atoms with van der Waals surface area (Å²) in [5, 5.41) is 0. The second-order valence-electron chi connectivity index (χ2n) is 3.59. The molecule has 1 rings (SSSR count). The Balaban J connectivity index is 2.96. The van der Waals surface area contributed by atoms with E-state index < -0.39 is 5.82 Å². The molecule has 90 valence electrons. The lowest BCUT2D eigenvalue weighted by molar-refractivity contribution is 0.0776. The van der Waals surface area contributed by atoms with Crippen LogP contribution >= 0.6 is 15.9 Å². The normalized spacial score (nSPS) is 9.76. The zero-order chi connectivity index (χ0) is 12.8. The molecule has 0 atom stereocenters. The summed E-state index contributed by atoms with van der Waals surface area (Å²) in [5.41, 5.74) is 0.306. The third-order valence-corrected chi connectivity index (χ3v) is 2.63. The first kappa shape index (κ1) is 13.7. The lowest BCUT2D eigenvalue weighted by Gasteiger charge is -2.19. The molecular weight excluding hydrogens is 285 g/mol. The summed E-state index contributed by atoms with van der Waals surface area (Å²) in [7, 11) is 0. The fraction of sp³-hybridized carbons (Fsp3) is 0.308. The Bertz CT molecular complexity index is 433. The van der Waals surface area contributed by atoms with Gasteiger partial charge in [-0.2, -0.15) is 0 Å². The average molecular weight is 298 g/mol. The molecule has 17 heavy (non-hydrogen) atoms. The molecule has 0 unspecified atom stereocenters. The maximum atomic E-state index is 13.2. The number of carbonyl (C=O) groups excluding carboxylic acids is 1. The van der Waals surface area contributed by atoms with Crippen molar-refractivity contribution in [1.29, 1.82) is 0 Å². The molecule has 2 nitrogen and oxygen atoms in total. The van der Waals surface area contributed by atoms with Crippen molar-refractivity contribution in [3.63, 3.8) is 0 Å². The van der Waals surface area contributed by atoms with E-state index in [1.165, 1.54) is 17.0 Å². The van der Waals surface area contributed by atoms with Gasteiger partial charge < -0.3 is 4.90 Å². The van der Waals surface area contributed by atoms with Crippen LogP contribution in [0.2, 0.25) is 0 Å². The number of halogens is 2. The van der Waals surface area contributed by atoms with Gasteiger partial charge in [-0.1, -0.05) is 28.8 Å². The summed E-state index contributed by atoms with van der Waals surface area (Å²) >= 11 is 3.16. The van der Waals surface area contributed by atoms with Gasteiger partial charge in [-0.25, -0.2) is 4.39 Å². The van der Waals surface area contributed by atoms with Gasteiger partial charge in [0, 0.05) is 16.6 Å². The van der Waals surface area contributed by atoms with Gasteiger partial charge in [-0.3, -0.25) is 4.79 Å². The van der Waals surface area contributed by atoms with Crippen LogP contribution in [0, 0.1) is 18.2 Å². The smallest absolute Gasteiger partial charge is 0.254 e. The zero-order valence-electron chi connectivity index (χ0n) is 9.54. The summed E-state index contributed by atoms with van der Waals surface area (Å²) in [6.07, 6.45) is 6.02. The van der Waals surface area contributed by atoms with Gasteiger partial charge in [-0.15, -0.1) is 6.42 Å². The molecule has 0 aromatic heterocycles. The molecular formula is C13H13BrFNO. The Kier molecular flexibility index (Phi) is 5.17. The lowest BCUT2D eigenvalue weighted by atomic mass is 10.2. The maximum absolute atomic E-state index is 13.2. The molecule has 0 saturated heterocycles. The third kappa shape index (κ3) is 3.86. The zero-order valence-corrected chi connectivity index (χ0v) is 11.1. The van der Waals surface area contributed by atoms with Crippen molar-refractivity contribution in [3.05, 3.63) is 34.1 Å². The predicted molar refractivity (Wildman–Crippen MR) is 69.1 cm³/mol. The highest BCUT2D eigenvalue weighted by Gasteiger charge is 2.15. The number of hydrogen-bond acceptors (Lipinski definition) is 1. The summed E-state index contributed by atoms with van der Waals surface area (Å²) in [4.78, 5) is 13.6. The summed E-state index contributed by atoms with van der Waals surface area (Å²) in [5.74, 6) is 1.74. The maximum Gasteiger partial charge on any atom is 0.254 e. The van der Waals surface area contributed by atoms with Gasteiger partial charge in [0.2, 0.25) is 0 Å². The molecule has 1 amide bonds. The van der Waals surface area contributed by atoms with Gasteiger partial charge in [0.1, 0.15) is 5.82 Å². The van der Waals surface area contributed by atoms with Crippen molar-refractivity contribution in [1.82, 2.24) is 4.90 Å². The van der Waals surface area contributed by atoms with Gasteiger partial charge in [0.25, 0.3) is 5.91 Å². The van der Waals surface area contributed by atoms with Crippen molar-refractivity contribution in [3.8, 4) is 12.3 Å². The molecule has 1 aromatic carbocycles. The molecule has 4 heteroatoms. The minimum absolute atomic E-state index is 0.237. The average Bonchev–Trinajstić information content (AvgIpc) is 2.26. The van der Waals surface area contributed by atoms with Crippen molar-refractivity contribution >= 4 is 21.8 Å². The van der Waals surface area contributed by atoms with Crippen LogP contribution in [0.15, 0.2) is 22.7 Å². The number of hydrogen-bond donors (Lipinski definition) is 0. The number of rotatable bonds is 4. The Morgan fingerprint density at radius 1 is 1.53 bits per heavy atom. The number of amides is 1. The summed E-state index contributed by atoms with van der Waals surface area (Å²) in [6, 6.07) is 4.11. The monoisotopic (exact) mass is 297 g/mol. The Morgan fingerprint density at radius 3 is 2.76 bits per heavy atom. The van der Waals surface area contributed by atoms with Crippen LogP contribution < -0.4 is 0 Å². The van der Waals surface area contributed by atoms with Gasteiger partial charge >= 0.3 is 0 Å². The molecule has 0 aliphatic rings. The quantitative estimate of drug-likeness (QED) is 0.782. The molecule has 0 N–H and O–H groups in total. The molecule has 0 fully saturated rings. The van der Waals surface area contributed by atoms with E-state index in [-0.39, 0.29) is 12.5 Å². The highest BCUT2D eigenvalue weighted by molar-refractivity contribution is 9.10. The molecule has 0 aliphatic heterocycles. The minimum atomic E-state index is -0.445. The van der Waals surface area contributed by atoms with Crippen LogP contribution in [0.1, 0.15) is 23.7 Å². The Morgan fingerprint density at radius 2 is 2.24 bits per heavy atom. The fourth-order valence-corrected chi connectivity index (χ4v) is 1.96. The van der Waals surface area contributed by atoms with Gasteiger partial charge in [0.15, 0.2) is 0 Å². The molecule has 0 radical (unpaired) electrons. The first-order chi connectivity index (χ1) is 8.08. The molecule has 0 aliphatic carbocycles. The first-order valence-corrected chi connectivity index (χ1v) is 6.06. The second kappa shape index (κ2) is 6.41. The number of terminal acetylenes is 1. The SMILES string of the molecule is C#CCN(CCC)C(=O)c1cc(F)cc(Br)c1. The molecule has 0 bridgehead atoms. The number of benzene rings is 1. The van der Waals surface area contributed by atoms with Crippen molar-refractivity contribution in [2.75, 3.05) is 13.1 Å². The van der Waals surface area contributed by atoms with E-state index in [0.717, 1.165) is 6.42 Å². The molecule has 0 heterocycles. The topological polar surface area (TPSA) is 20.3 Å².